The summed E-state index contributed by atoms with van der Waals surface area (Å²) in [7, 11) is 0. The number of aromatic nitrogens is 2. The fraction of sp³-hybridized carbons (Fsp3) is 0.400. The van der Waals surface area contributed by atoms with Gasteiger partial charge in [-0.05, 0) is 79.5 Å². The SMILES string of the molecule is Cc1cc(-c2[nH]c3ccc(C4=CN5CCC4CC5)cc3c2C(C)C)cc(C)n1. The Kier molecular flexibility index (Phi) is 4.08. The third-order valence-corrected chi connectivity index (χ3v) is 6.41. The van der Waals surface area contributed by atoms with Crippen molar-refractivity contribution in [3.63, 3.8) is 0 Å². The Morgan fingerprint density at radius 3 is 2.32 bits per heavy atom. The number of piperidine rings is 1. The zero-order chi connectivity index (χ0) is 19.4. The van der Waals surface area contributed by atoms with Crippen LogP contribution in [0.15, 0.2) is 36.5 Å². The van der Waals surface area contributed by atoms with Crippen molar-refractivity contribution in [2.45, 2.75) is 46.5 Å². The number of H-pyrrole nitrogens is 1. The number of hydrogen-bond donors (Lipinski definition) is 1. The second-order valence-corrected chi connectivity index (χ2v) is 8.86. The van der Waals surface area contributed by atoms with Gasteiger partial charge in [0.1, 0.15) is 0 Å². The van der Waals surface area contributed by atoms with Crippen LogP contribution in [-0.4, -0.2) is 28.0 Å². The Balaban J connectivity index is 1.68. The van der Waals surface area contributed by atoms with E-state index in [-0.39, 0.29) is 0 Å². The molecule has 1 N–H and O–H groups in total. The average Bonchev–Trinajstić information content (AvgIpc) is 3.07. The van der Waals surface area contributed by atoms with Gasteiger partial charge in [-0.2, -0.15) is 0 Å². The number of rotatable bonds is 3. The molecule has 3 aliphatic rings. The van der Waals surface area contributed by atoms with Crippen LogP contribution >= 0.6 is 0 Å². The third kappa shape index (κ3) is 2.85. The molecule has 28 heavy (non-hydrogen) atoms. The molecule has 0 unspecified atom stereocenters. The Labute approximate surface area is 167 Å². The van der Waals surface area contributed by atoms with Gasteiger partial charge in [0, 0.05) is 47.1 Å². The van der Waals surface area contributed by atoms with Crippen molar-refractivity contribution >= 4 is 16.5 Å². The van der Waals surface area contributed by atoms with Crippen molar-refractivity contribution in [3.8, 4) is 11.3 Å². The number of hydrogen-bond acceptors (Lipinski definition) is 2. The molecule has 1 aromatic carbocycles. The van der Waals surface area contributed by atoms with Gasteiger partial charge in [-0.1, -0.05) is 19.9 Å². The largest absolute Gasteiger partial charge is 0.377 e. The van der Waals surface area contributed by atoms with E-state index in [9.17, 15) is 0 Å². The molecular weight excluding hydrogens is 342 g/mol. The zero-order valence-corrected chi connectivity index (χ0v) is 17.3. The van der Waals surface area contributed by atoms with Crippen LogP contribution in [0.3, 0.4) is 0 Å². The van der Waals surface area contributed by atoms with E-state index in [0.717, 1.165) is 17.3 Å². The molecule has 0 aliphatic carbocycles. The first kappa shape index (κ1) is 17.5. The van der Waals surface area contributed by atoms with E-state index < -0.39 is 0 Å². The highest BCUT2D eigenvalue weighted by Crippen LogP contribution is 2.41. The molecule has 2 aromatic heterocycles. The van der Waals surface area contributed by atoms with E-state index in [1.165, 1.54) is 64.8 Å². The fourth-order valence-corrected chi connectivity index (χ4v) is 5.15. The summed E-state index contributed by atoms with van der Waals surface area (Å²) >= 11 is 0. The second-order valence-electron chi connectivity index (χ2n) is 8.86. The van der Waals surface area contributed by atoms with Crippen LogP contribution in [0.25, 0.3) is 27.7 Å². The summed E-state index contributed by atoms with van der Waals surface area (Å²) in [5.41, 5.74) is 10.2. The predicted molar refractivity (Wildman–Crippen MR) is 117 cm³/mol. The van der Waals surface area contributed by atoms with Gasteiger partial charge in [-0.25, -0.2) is 0 Å². The topological polar surface area (TPSA) is 31.9 Å². The maximum Gasteiger partial charge on any atom is 0.0501 e. The molecule has 3 aromatic rings. The first-order valence-corrected chi connectivity index (χ1v) is 10.6. The van der Waals surface area contributed by atoms with Crippen molar-refractivity contribution < 1.29 is 0 Å². The summed E-state index contributed by atoms with van der Waals surface area (Å²) < 4.78 is 0. The molecule has 3 heteroatoms. The van der Waals surface area contributed by atoms with Gasteiger partial charge in [-0.3, -0.25) is 4.98 Å². The highest BCUT2D eigenvalue weighted by atomic mass is 15.1. The molecular formula is C25H29N3. The molecule has 6 rings (SSSR count). The molecule has 0 spiro atoms. The van der Waals surface area contributed by atoms with E-state index in [1.807, 2.05) is 0 Å². The van der Waals surface area contributed by atoms with Gasteiger partial charge in [0.05, 0.1) is 5.69 Å². The first-order chi connectivity index (χ1) is 13.5. The van der Waals surface area contributed by atoms with Crippen LogP contribution in [0.1, 0.15) is 55.1 Å². The van der Waals surface area contributed by atoms with Crippen LogP contribution in [-0.2, 0) is 0 Å². The summed E-state index contributed by atoms with van der Waals surface area (Å²) in [6.07, 6.45) is 5.01. The van der Waals surface area contributed by atoms with Gasteiger partial charge in [0.15, 0.2) is 0 Å². The number of pyridine rings is 1. The lowest BCUT2D eigenvalue weighted by molar-refractivity contribution is 0.252. The number of aromatic amines is 1. The van der Waals surface area contributed by atoms with E-state index >= 15 is 0 Å². The van der Waals surface area contributed by atoms with Crippen molar-refractivity contribution in [3.05, 3.63) is 59.0 Å². The zero-order valence-electron chi connectivity index (χ0n) is 17.3. The standard InChI is InChI=1S/C25H29N3/c1-15(2)24-21-13-19(22-14-28-9-7-18(22)8-10-28)5-6-23(21)27-25(24)20-11-16(3)26-17(4)12-20/h5-6,11-15,18,27H,7-10H2,1-4H3. The molecule has 1 saturated heterocycles. The minimum atomic E-state index is 0.452. The lowest BCUT2D eigenvalue weighted by Gasteiger charge is -2.39. The smallest absolute Gasteiger partial charge is 0.0501 e. The first-order valence-electron chi connectivity index (χ1n) is 10.6. The third-order valence-electron chi connectivity index (χ3n) is 6.41. The van der Waals surface area contributed by atoms with E-state index in [0.29, 0.717) is 5.92 Å². The van der Waals surface area contributed by atoms with Crippen molar-refractivity contribution in [2.24, 2.45) is 5.92 Å². The molecule has 1 fully saturated rings. The number of nitrogens with zero attached hydrogens (tertiary/aromatic N) is 2. The average molecular weight is 372 g/mol. The molecule has 144 valence electrons. The lowest BCUT2D eigenvalue weighted by atomic mass is 9.82. The predicted octanol–water partition coefficient (Wildman–Crippen LogP) is 6.04. The van der Waals surface area contributed by atoms with E-state index in [2.05, 4.69) is 79.1 Å². The number of nitrogens with one attached hydrogen (secondary N) is 1. The number of aryl methyl sites for hydroxylation is 2. The lowest BCUT2D eigenvalue weighted by Crippen LogP contribution is -2.35. The summed E-state index contributed by atoms with van der Waals surface area (Å²) in [6.45, 7) is 11.2. The van der Waals surface area contributed by atoms with Gasteiger partial charge < -0.3 is 9.88 Å². The molecule has 3 nitrogen and oxygen atoms in total. The van der Waals surface area contributed by atoms with Gasteiger partial charge in [0.25, 0.3) is 0 Å². The molecule has 2 bridgehead atoms. The molecule has 0 saturated carbocycles. The molecule has 5 heterocycles. The fourth-order valence-electron chi connectivity index (χ4n) is 5.15. The summed E-state index contributed by atoms with van der Waals surface area (Å²) in [5.74, 6) is 1.18. The van der Waals surface area contributed by atoms with Crippen LogP contribution in [0.2, 0.25) is 0 Å². The summed E-state index contributed by atoms with van der Waals surface area (Å²) in [4.78, 5) is 10.8. The van der Waals surface area contributed by atoms with E-state index in [4.69, 9.17) is 0 Å². The molecule has 0 amide bonds. The second kappa shape index (κ2) is 6.51. The minimum absolute atomic E-state index is 0.452. The minimum Gasteiger partial charge on any atom is -0.377 e. The molecule has 0 atom stereocenters. The number of allylic oxidation sites excluding steroid dienone is 1. The van der Waals surface area contributed by atoms with Crippen LogP contribution < -0.4 is 0 Å². The van der Waals surface area contributed by atoms with Gasteiger partial charge in [0.2, 0.25) is 0 Å². The van der Waals surface area contributed by atoms with Crippen molar-refractivity contribution in [2.75, 3.05) is 13.1 Å². The quantitative estimate of drug-likeness (QED) is 0.609. The summed E-state index contributed by atoms with van der Waals surface area (Å²) in [5, 5.41) is 1.37. The van der Waals surface area contributed by atoms with Gasteiger partial charge >= 0.3 is 0 Å². The number of benzene rings is 1. The van der Waals surface area contributed by atoms with Crippen molar-refractivity contribution in [1.82, 2.24) is 14.9 Å². The van der Waals surface area contributed by atoms with Crippen molar-refractivity contribution in [1.29, 1.82) is 0 Å². The van der Waals surface area contributed by atoms with Crippen LogP contribution in [0.4, 0.5) is 0 Å². The van der Waals surface area contributed by atoms with E-state index in [1.54, 1.807) is 0 Å². The van der Waals surface area contributed by atoms with Crippen LogP contribution in [0, 0.1) is 19.8 Å². The Morgan fingerprint density at radius 2 is 1.71 bits per heavy atom. The Hall–Kier alpha value is -2.55. The highest BCUT2D eigenvalue weighted by molar-refractivity contribution is 5.93. The highest BCUT2D eigenvalue weighted by Gasteiger charge is 2.28. The Bertz CT molecular complexity index is 1060. The van der Waals surface area contributed by atoms with Crippen LogP contribution in [0.5, 0.6) is 0 Å². The maximum absolute atomic E-state index is 4.56. The molecule has 0 radical (unpaired) electrons. The maximum atomic E-state index is 4.56. The van der Waals surface area contributed by atoms with Gasteiger partial charge in [-0.15, -0.1) is 0 Å². The number of fused-ring (bicyclic) bond motifs is 3. The molecule has 3 aliphatic heterocycles. The summed E-state index contributed by atoms with van der Waals surface area (Å²) in [6, 6.07) is 11.4. The Morgan fingerprint density at radius 1 is 1.00 bits per heavy atom. The monoisotopic (exact) mass is 371 g/mol. The normalized spacial score (nSPS) is 17.0.